The lowest BCUT2D eigenvalue weighted by Gasteiger charge is -2.15. The zero-order valence-corrected chi connectivity index (χ0v) is 18.9. The van der Waals surface area contributed by atoms with Crippen molar-refractivity contribution < 1.29 is 4.79 Å². The van der Waals surface area contributed by atoms with Crippen LogP contribution in [-0.4, -0.2) is 22.0 Å². The number of nitrogens with zero attached hydrogens (tertiary/aromatic N) is 2. The summed E-state index contributed by atoms with van der Waals surface area (Å²) in [7, 11) is 0. The summed E-state index contributed by atoms with van der Waals surface area (Å²) in [6, 6.07) is 22.5. The molecule has 4 heteroatoms. The molecule has 0 aliphatic carbocycles. The highest BCUT2D eigenvalue weighted by atomic mass is 16.1. The van der Waals surface area contributed by atoms with E-state index in [9.17, 15) is 4.79 Å². The minimum Gasteiger partial charge on any atom is -0.352 e. The lowest BCUT2D eigenvalue weighted by Crippen LogP contribution is -2.24. The first-order chi connectivity index (χ1) is 15.5. The molecular formula is C28H29N3O. The van der Waals surface area contributed by atoms with Gasteiger partial charge in [-0.1, -0.05) is 60.2 Å². The highest BCUT2D eigenvalue weighted by Gasteiger charge is 2.13. The first-order valence-electron chi connectivity index (χ1n) is 11.0. The predicted octanol–water partition coefficient (Wildman–Crippen LogP) is 5.38. The summed E-state index contributed by atoms with van der Waals surface area (Å²) < 4.78 is 2.28. The van der Waals surface area contributed by atoms with Crippen LogP contribution in [0.2, 0.25) is 0 Å². The first-order valence-corrected chi connectivity index (χ1v) is 11.0. The normalized spacial score (nSPS) is 11.3. The molecule has 162 valence electrons. The number of rotatable bonds is 7. The van der Waals surface area contributed by atoms with E-state index in [-0.39, 0.29) is 5.91 Å². The number of nitrogens with one attached hydrogen (secondary N) is 1. The van der Waals surface area contributed by atoms with Gasteiger partial charge in [0.2, 0.25) is 5.91 Å². The highest BCUT2D eigenvalue weighted by Crippen LogP contribution is 2.22. The van der Waals surface area contributed by atoms with E-state index in [4.69, 9.17) is 4.98 Å². The number of hydrogen-bond donors (Lipinski definition) is 1. The molecule has 0 atom stereocenters. The molecule has 4 rings (SSSR count). The van der Waals surface area contributed by atoms with Crippen LogP contribution in [0.4, 0.5) is 0 Å². The third-order valence-electron chi connectivity index (χ3n) is 5.76. The molecule has 0 fully saturated rings. The highest BCUT2D eigenvalue weighted by molar-refractivity contribution is 5.91. The Morgan fingerprint density at radius 1 is 0.969 bits per heavy atom. The Hall–Kier alpha value is -3.66. The standard InChI is InChI=1S/C28H29N3O/c1-20-17-21(2)24(22(3)18-20)19-31-26-12-8-7-11-25(26)30-27(31)15-16-29-28(32)14-13-23-9-5-4-6-10-23/h4-14,17-18H,15-16,19H2,1-3H3,(H,29,32)/b14-13+. The summed E-state index contributed by atoms with van der Waals surface area (Å²) in [6.07, 6.45) is 4.08. The van der Waals surface area contributed by atoms with Crippen molar-refractivity contribution in [3.05, 3.63) is 106 Å². The topological polar surface area (TPSA) is 46.9 Å². The Labute approximate surface area is 189 Å². The second-order valence-corrected chi connectivity index (χ2v) is 8.27. The van der Waals surface area contributed by atoms with E-state index in [2.05, 4.69) is 54.9 Å². The van der Waals surface area contributed by atoms with Crippen molar-refractivity contribution in [1.82, 2.24) is 14.9 Å². The van der Waals surface area contributed by atoms with Crippen LogP contribution in [0.15, 0.2) is 72.8 Å². The Balaban J connectivity index is 1.51. The smallest absolute Gasteiger partial charge is 0.244 e. The van der Waals surface area contributed by atoms with Crippen molar-refractivity contribution in [3.8, 4) is 0 Å². The molecule has 0 aliphatic rings. The second kappa shape index (κ2) is 9.65. The van der Waals surface area contributed by atoms with Crippen molar-refractivity contribution in [3.63, 3.8) is 0 Å². The molecule has 1 aromatic heterocycles. The molecule has 1 heterocycles. The van der Waals surface area contributed by atoms with Gasteiger partial charge in [-0.05, 0) is 61.2 Å². The zero-order valence-electron chi connectivity index (χ0n) is 18.9. The van der Waals surface area contributed by atoms with E-state index in [1.54, 1.807) is 6.08 Å². The maximum atomic E-state index is 12.3. The van der Waals surface area contributed by atoms with Crippen molar-refractivity contribution in [2.75, 3.05) is 6.54 Å². The van der Waals surface area contributed by atoms with Crippen molar-refractivity contribution in [1.29, 1.82) is 0 Å². The zero-order chi connectivity index (χ0) is 22.5. The number of benzene rings is 3. The maximum Gasteiger partial charge on any atom is 0.244 e. The molecule has 32 heavy (non-hydrogen) atoms. The quantitative estimate of drug-likeness (QED) is 0.406. The van der Waals surface area contributed by atoms with Crippen LogP contribution in [0.1, 0.15) is 33.6 Å². The van der Waals surface area contributed by atoms with Gasteiger partial charge in [-0.3, -0.25) is 4.79 Å². The van der Waals surface area contributed by atoms with Gasteiger partial charge < -0.3 is 9.88 Å². The van der Waals surface area contributed by atoms with E-state index >= 15 is 0 Å². The Kier molecular flexibility index (Phi) is 6.50. The number of fused-ring (bicyclic) bond motifs is 1. The molecule has 3 aromatic carbocycles. The van der Waals surface area contributed by atoms with Gasteiger partial charge >= 0.3 is 0 Å². The van der Waals surface area contributed by atoms with Crippen molar-refractivity contribution in [2.24, 2.45) is 0 Å². The number of amides is 1. The molecule has 0 unspecified atom stereocenters. The van der Waals surface area contributed by atoms with Gasteiger partial charge in [0, 0.05) is 25.6 Å². The fraction of sp³-hybridized carbons (Fsp3) is 0.214. The van der Waals surface area contributed by atoms with Crippen LogP contribution in [0.5, 0.6) is 0 Å². The summed E-state index contributed by atoms with van der Waals surface area (Å²) >= 11 is 0. The third kappa shape index (κ3) is 4.97. The van der Waals surface area contributed by atoms with Gasteiger partial charge in [0.15, 0.2) is 0 Å². The van der Waals surface area contributed by atoms with Crippen molar-refractivity contribution in [2.45, 2.75) is 33.7 Å². The molecule has 0 radical (unpaired) electrons. The Bertz CT molecular complexity index is 1250. The largest absolute Gasteiger partial charge is 0.352 e. The lowest BCUT2D eigenvalue weighted by atomic mass is 9.99. The molecule has 0 aliphatic heterocycles. The monoisotopic (exact) mass is 423 g/mol. The lowest BCUT2D eigenvalue weighted by molar-refractivity contribution is -0.116. The Morgan fingerprint density at radius 2 is 1.66 bits per heavy atom. The van der Waals surface area contributed by atoms with E-state index in [0.29, 0.717) is 13.0 Å². The van der Waals surface area contributed by atoms with Crippen LogP contribution < -0.4 is 5.32 Å². The molecule has 0 spiro atoms. The van der Waals surface area contributed by atoms with Crippen LogP contribution in [0, 0.1) is 20.8 Å². The fourth-order valence-electron chi connectivity index (χ4n) is 4.20. The van der Waals surface area contributed by atoms with Crippen LogP contribution >= 0.6 is 0 Å². The molecular weight excluding hydrogens is 394 g/mol. The van der Waals surface area contributed by atoms with Gasteiger partial charge in [0.1, 0.15) is 5.82 Å². The van der Waals surface area contributed by atoms with Crippen LogP contribution in [0.3, 0.4) is 0 Å². The summed E-state index contributed by atoms with van der Waals surface area (Å²) in [6.45, 7) is 7.79. The number of aromatic nitrogens is 2. The minimum atomic E-state index is -0.0956. The number of para-hydroxylation sites is 2. The molecule has 1 N–H and O–H groups in total. The van der Waals surface area contributed by atoms with E-state index in [1.165, 1.54) is 22.3 Å². The van der Waals surface area contributed by atoms with E-state index in [1.807, 2.05) is 48.5 Å². The van der Waals surface area contributed by atoms with Crippen LogP contribution in [0.25, 0.3) is 17.1 Å². The van der Waals surface area contributed by atoms with Gasteiger partial charge in [-0.15, -0.1) is 0 Å². The van der Waals surface area contributed by atoms with E-state index in [0.717, 1.165) is 29.0 Å². The molecule has 0 saturated carbocycles. The molecule has 0 saturated heterocycles. The average Bonchev–Trinajstić information content (AvgIpc) is 3.12. The molecule has 0 bridgehead atoms. The SMILES string of the molecule is Cc1cc(C)c(Cn2c(CCNC(=O)/C=C/c3ccccc3)nc3ccccc32)c(C)c1. The predicted molar refractivity (Wildman–Crippen MR) is 132 cm³/mol. The van der Waals surface area contributed by atoms with Gasteiger partial charge in [0.05, 0.1) is 11.0 Å². The molecule has 4 nitrogen and oxygen atoms in total. The number of hydrogen-bond acceptors (Lipinski definition) is 2. The number of carbonyl (C=O) groups excluding carboxylic acids is 1. The molecule has 1 amide bonds. The second-order valence-electron chi connectivity index (χ2n) is 8.27. The van der Waals surface area contributed by atoms with Gasteiger partial charge in [0.25, 0.3) is 0 Å². The first kappa shape index (κ1) is 21.6. The Morgan fingerprint density at radius 3 is 2.41 bits per heavy atom. The van der Waals surface area contributed by atoms with Crippen LogP contribution in [-0.2, 0) is 17.8 Å². The van der Waals surface area contributed by atoms with Gasteiger partial charge in [-0.2, -0.15) is 0 Å². The minimum absolute atomic E-state index is 0.0956. The van der Waals surface area contributed by atoms with Gasteiger partial charge in [-0.25, -0.2) is 4.98 Å². The van der Waals surface area contributed by atoms with E-state index < -0.39 is 0 Å². The summed E-state index contributed by atoms with van der Waals surface area (Å²) in [5.74, 6) is 0.889. The average molecular weight is 424 g/mol. The van der Waals surface area contributed by atoms with Crippen molar-refractivity contribution >= 4 is 23.0 Å². The summed E-state index contributed by atoms with van der Waals surface area (Å²) in [4.78, 5) is 17.1. The fourth-order valence-corrected chi connectivity index (χ4v) is 4.20. The maximum absolute atomic E-state index is 12.3. The summed E-state index contributed by atoms with van der Waals surface area (Å²) in [5, 5.41) is 2.99. The summed E-state index contributed by atoms with van der Waals surface area (Å²) in [5.41, 5.74) is 8.32. The molecule has 4 aromatic rings. The number of aryl methyl sites for hydroxylation is 3. The number of carbonyl (C=O) groups is 1. The third-order valence-corrected chi connectivity index (χ3v) is 5.76. The number of imidazole rings is 1.